The number of carbonyl (C=O) groups is 1. The molecule has 1 aromatic carbocycles. The first-order valence-corrected chi connectivity index (χ1v) is 9.34. The van der Waals surface area contributed by atoms with E-state index >= 15 is 0 Å². The number of hydrogen-bond acceptors (Lipinski definition) is 3. The van der Waals surface area contributed by atoms with Gasteiger partial charge >= 0.3 is 5.97 Å². The maximum atomic E-state index is 12.1. The third-order valence-electron chi connectivity index (χ3n) is 5.25. The molecular weight excluding hydrogens is 314 g/mol. The Bertz CT molecular complexity index is 644. The fourth-order valence-corrected chi connectivity index (χ4v) is 3.79. The molecule has 5 heteroatoms. The number of likely N-dealkylation sites (tertiary alicyclic amines) is 1. The molecule has 0 radical (unpaired) electrons. The summed E-state index contributed by atoms with van der Waals surface area (Å²) in [6, 6.07) is 9.03. The fraction of sp³-hybridized carbons (Fsp3) is 0.600. The van der Waals surface area contributed by atoms with Crippen LogP contribution < -0.4 is 5.32 Å². The molecule has 0 spiro atoms. The number of guanidine groups is 1. The highest BCUT2D eigenvalue weighted by Crippen LogP contribution is 2.42. The molecule has 1 N–H and O–H groups in total. The van der Waals surface area contributed by atoms with E-state index < -0.39 is 0 Å². The highest BCUT2D eigenvalue weighted by atomic mass is 16.5. The molecular formula is C20H29N3O2. The molecule has 3 atom stereocenters. The van der Waals surface area contributed by atoms with Gasteiger partial charge in [0.05, 0.1) is 12.5 Å². The summed E-state index contributed by atoms with van der Waals surface area (Å²) in [6.07, 6.45) is 3.04. The van der Waals surface area contributed by atoms with Crippen LogP contribution in [0.1, 0.15) is 43.2 Å². The Morgan fingerprint density at radius 2 is 2.20 bits per heavy atom. The minimum atomic E-state index is -0.0770. The highest BCUT2D eigenvalue weighted by molar-refractivity contribution is 5.82. The van der Waals surface area contributed by atoms with Gasteiger partial charge in [-0.15, -0.1) is 0 Å². The number of aliphatic imine (C=N–C) groups is 1. The van der Waals surface area contributed by atoms with Crippen molar-refractivity contribution in [2.75, 3.05) is 26.7 Å². The Morgan fingerprint density at radius 3 is 2.92 bits per heavy atom. The highest BCUT2D eigenvalue weighted by Gasteiger charge is 2.40. The van der Waals surface area contributed by atoms with E-state index in [-0.39, 0.29) is 11.9 Å². The van der Waals surface area contributed by atoms with Crippen LogP contribution in [0, 0.1) is 12.8 Å². The Balaban J connectivity index is 1.58. The molecule has 2 fully saturated rings. The molecule has 25 heavy (non-hydrogen) atoms. The SMILES string of the molecule is CCOC(=O)C1CCCN(C(=NC)NC2CC2c2ccccc2C)C1. The maximum Gasteiger partial charge on any atom is 0.310 e. The van der Waals surface area contributed by atoms with Crippen LogP contribution in [0.3, 0.4) is 0 Å². The largest absolute Gasteiger partial charge is 0.466 e. The zero-order valence-electron chi connectivity index (χ0n) is 15.5. The van der Waals surface area contributed by atoms with Gasteiger partial charge in [0.25, 0.3) is 0 Å². The number of nitrogens with one attached hydrogen (secondary N) is 1. The number of benzene rings is 1. The quantitative estimate of drug-likeness (QED) is 0.519. The second-order valence-electron chi connectivity index (χ2n) is 7.03. The van der Waals surface area contributed by atoms with Crippen molar-refractivity contribution >= 4 is 11.9 Å². The average Bonchev–Trinajstić information content (AvgIpc) is 3.39. The zero-order valence-corrected chi connectivity index (χ0v) is 15.5. The number of ether oxygens (including phenoxy) is 1. The lowest BCUT2D eigenvalue weighted by molar-refractivity contribution is -0.149. The molecule has 5 nitrogen and oxygen atoms in total. The number of esters is 1. The van der Waals surface area contributed by atoms with E-state index in [9.17, 15) is 4.79 Å². The molecule has 1 aliphatic heterocycles. The van der Waals surface area contributed by atoms with Crippen molar-refractivity contribution in [3.8, 4) is 0 Å². The van der Waals surface area contributed by atoms with Gasteiger partial charge < -0.3 is 15.0 Å². The van der Waals surface area contributed by atoms with E-state index in [1.54, 1.807) is 0 Å². The number of rotatable bonds is 4. The molecule has 1 saturated carbocycles. The summed E-state index contributed by atoms with van der Waals surface area (Å²) in [5.41, 5.74) is 2.78. The lowest BCUT2D eigenvalue weighted by Crippen LogP contribution is -2.49. The van der Waals surface area contributed by atoms with Crippen LogP contribution in [0.4, 0.5) is 0 Å². The topological polar surface area (TPSA) is 53.9 Å². The molecule has 3 unspecified atom stereocenters. The minimum absolute atomic E-state index is 0.0429. The van der Waals surface area contributed by atoms with Crippen LogP contribution in [0.25, 0.3) is 0 Å². The van der Waals surface area contributed by atoms with Gasteiger partial charge in [-0.25, -0.2) is 0 Å². The summed E-state index contributed by atoms with van der Waals surface area (Å²) < 4.78 is 5.20. The third kappa shape index (κ3) is 4.14. The first-order chi connectivity index (χ1) is 12.1. The smallest absolute Gasteiger partial charge is 0.310 e. The van der Waals surface area contributed by atoms with Crippen LogP contribution in [0.2, 0.25) is 0 Å². The Hall–Kier alpha value is -2.04. The Kier molecular flexibility index (Phi) is 5.61. The van der Waals surface area contributed by atoms with Gasteiger partial charge in [-0.3, -0.25) is 9.79 Å². The first-order valence-electron chi connectivity index (χ1n) is 9.34. The van der Waals surface area contributed by atoms with E-state index in [0.717, 1.165) is 31.8 Å². The van der Waals surface area contributed by atoms with Crippen LogP contribution in [-0.2, 0) is 9.53 Å². The van der Waals surface area contributed by atoms with E-state index in [1.165, 1.54) is 11.1 Å². The summed E-state index contributed by atoms with van der Waals surface area (Å²) in [5.74, 6) is 1.35. The average molecular weight is 343 g/mol. The predicted molar refractivity (Wildman–Crippen MR) is 99.7 cm³/mol. The van der Waals surface area contributed by atoms with Crippen molar-refractivity contribution in [1.29, 1.82) is 0 Å². The van der Waals surface area contributed by atoms with Crippen molar-refractivity contribution in [2.24, 2.45) is 10.9 Å². The van der Waals surface area contributed by atoms with Crippen molar-refractivity contribution < 1.29 is 9.53 Å². The molecule has 0 amide bonds. The van der Waals surface area contributed by atoms with Gasteiger partial charge in [-0.2, -0.15) is 0 Å². The molecule has 136 valence electrons. The van der Waals surface area contributed by atoms with Gasteiger partial charge in [-0.1, -0.05) is 24.3 Å². The summed E-state index contributed by atoms with van der Waals surface area (Å²) in [5, 5.41) is 3.60. The Labute approximate surface area is 150 Å². The summed E-state index contributed by atoms with van der Waals surface area (Å²) in [4.78, 5) is 18.7. The number of hydrogen-bond donors (Lipinski definition) is 1. The van der Waals surface area contributed by atoms with Crippen LogP contribution in [-0.4, -0.2) is 49.6 Å². The second kappa shape index (κ2) is 7.89. The van der Waals surface area contributed by atoms with Gasteiger partial charge in [0.15, 0.2) is 5.96 Å². The minimum Gasteiger partial charge on any atom is -0.466 e. The predicted octanol–water partition coefficient (Wildman–Crippen LogP) is 2.70. The van der Waals surface area contributed by atoms with Gasteiger partial charge in [0.2, 0.25) is 0 Å². The molecule has 2 aliphatic rings. The van der Waals surface area contributed by atoms with Crippen LogP contribution in [0.15, 0.2) is 29.3 Å². The lowest BCUT2D eigenvalue weighted by atomic mass is 9.98. The van der Waals surface area contributed by atoms with E-state index in [0.29, 0.717) is 25.1 Å². The second-order valence-corrected chi connectivity index (χ2v) is 7.03. The first kappa shape index (κ1) is 17.8. The molecule has 1 saturated heterocycles. The standard InChI is InChI=1S/C20H29N3O2/c1-4-25-19(24)15-9-7-11-23(13-15)20(21-3)22-18-12-17(18)16-10-6-5-8-14(16)2/h5-6,8,10,15,17-18H,4,7,9,11-13H2,1-3H3,(H,21,22). The summed E-state index contributed by atoms with van der Waals surface area (Å²) >= 11 is 0. The summed E-state index contributed by atoms with van der Waals surface area (Å²) in [7, 11) is 1.82. The van der Waals surface area contributed by atoms with E-state index in [4.69, 9.17) is 4.74 Å². The monoisotopic (exact) mass is 343 g/mol. The lowest BCUT2D eigenvalue weighted by Gasteiger charge is -2.34. The molecule has 0 bridgehead atoms. The molecule has 1 aromatic rings. The zero-order chi connectivity index (χ0) is 17.8. The van der Waals surface area contributed by atoms with Crippen LogP contribution >= 0.6 is 0 Å². The van der Waals surface area contributed by atoms with Crippen molar-refractivity contribution in [3.63, 3.8) is 0 Å². The number of piperidine rings is 1. The van der Waals surface area contributed by atoms with Gasteiger partial charge in [-0.05, 0) is 44.2 Å². The number of nitrogens with zero attached hydrogens (tertiary/aromatic N) is 2. The third-order valence-corrected chi connectivity index (χ3v) is 5.25. The molecule has 1 heterocycles. The maximum absolute atomic E-state index is 12.1. The molecule has 3 rings (SSSR count). The van der Waals surface area contributed by atoms with Gasteiger partial charge in [0.1, 0.15) is 0 Å². The van der Waals surface area contributed by atoms with Crippen molar-refractivity contribution in [1.82, 2.24) is 10.2 Å². The van der Waals surface area contributed by atoms with Gasteiger partial charge in [0, 0.05) is 32.1 Å². The molecule has 1 aliphatic carbocycles. The fourth-order valence-electron chi connectivity index (χ4n) is 3.79. The Morgan fingerprint density at radius 1 is 1.40 bits per heavy atom. The van der Waals surface area contributed by atoms with Crippen LogP contribution in [0.5, 0.6) is 0 Å². The molecule has 0 aromatic heterocycles. The summed E-state index contributed by atoms with van der Waals surface area (Å²) in [6.45, 7) is 6.12. The number of aryl methyl sites for hydroxylation is 1. The van der Waals surface area contributed by atoms with E-state index in [2.05, 4.69) is 46.4 Å². The van der Waals surface area contributed by atoms with Crippen molar-refractivity contribution in [2.45, 2.75) is 45.1 Å². The van der Waals surface area contributed by atoms with Crippen molar-refractivity contribution in [3.05, 3.63) is 35.4 Å². The number of carbonyl (C=O) groups excluding carboxylic acids is 1. The normalized spacial score (nSPS) is 26.3. The van der Waals surface area contributed by atoms with E-state index in [1.807, 2.05) is 14.0 Å².